The molecular weight excluding hydrogens is 297 g/mol. The maximum absolute atomic E-state index is 6.41. The number of rotatable bonds is 5. The van der Waals surface area contributed by atoms with Gasteiger partial charge in [0.05, 0.1) is 11.8 Å². The van der Waals surface area contributed by atoms with E-state index in [0.29, 0.717) is 0 Å². The van der Waals surface area contributed by atoms with Crippen molar-refractivity contribution in [3.05, 3.63) is 97.6 Å². The van der Waals surface area contributed by atoms with Gasteiger partial charge >= 0.3 is 0 Å². The van der Waals surface area contributed by atoms with Gasteiger partial charge in [0.25, 0.3) is 0 Å². The molecule has 3 aromatic carbocycles. The first-order chi connectivity index (χ1) is 11.3. The molecule has 0 amide bonds. The molecule has 0 saturated carbocycles. The zero-order valence-corrected chi connectivity index (χ0v) is 14.0. The molecule has 0 aliphatic carbocycles. The van der Waals surface area contributed by atoms with Gasteiger partial charge in [-0.2, -0.15) is 0 Å². The van der Waals surface area contributed by atoms with Gasteiger partial charge in [-0.1, -0.05) is 61.2 Å². The summed E-state index contributed by atoms with van der Waals surface area (Å²) < 4.78 is 0. The number of hydrogen-bond acceptors (Lipinski definition) is 1. The highest BCUT2D eigenvalue weighted by Crippen LogP contribution is 2.56. The van der Waals surface area contributed by atoms with Crippen LogP contribution in [-0.4, -0.2) is 6.16 Å². The van der Waals surface area contributed by atoms with Crippen molar-refractivity contribution >= 4 is 28.9 Å². The first-order valence-electron chi connectivity index (χ1n) is 7.74. The summed E-state index contributed by atoms with van der Waals surface area (Å²) in [7, 11) is -1.83. The van der Waals surface area contributed by atoms with Crippen LogP contribution in [0.3, 0.4) is 0 Å². The fourth-order valence-electron chi connectivity index (χ4n) is 3.13. The van der Waals surface area contributed by atoms with Crippen LogP contribution in [0.4, 0.5) is 5.69 Å². The SMILES string of the molecule is C=CC[P+](c1ccccc1)(c1ccccc1)c1ccccc1N. The lowest BCUT2D eigenvalue weighted by molar-refractivity contribution is 1.66. The van der Waals surface area contributed by atoms with Gasteiger partial charge in [-0.15, -0.1) is 0 Å². The van der Waals surface area contributed by atoms with Gasteiger partial charge in [0.15, 0.2) is 0 Å². The number of allylic oxidation sites excluding steroid dienone is 1. The average Bonchev–Trinajstić information content (AvgIpc) is 2.62. The Hall–Kier alpha value is -2.37. The van der Waals surface area contributed by atoms with Crippen LogP contribution in [-0.2, 0) is 0 Å². The number of anilines is 1. The van der Waals surface area contributed by atoms with Gasteiger partial charge in [-0.3, -0.25) is 0 Å². The molecule has 0 aliphatic rings. The highest BCUT2D eigenvalue weighted by molar-refractivity contribution is 7.96. The van der Waals surface area contributed by atoms with Crippen LogP contribution in [0.5, 0.6) is 0 Å². The second-order valence-corrected chi connectivity index (χ2v) is 9.01. The zero-order valence-electron chi connectivity index (χ0n) is 13.1. The van der Waals surface area contributed by atoms with Crippen molar-refractivity contribution in [1.29, 1.82) is 0 Å². The summed E-state index contributed by atoms with van der Waals surface area (Å²) >= 11 is 0. The van der Waals surface area contributed by atoms with E-state index in [0.717, 1.165) is 11.8 Å². The van der Waals surface area contributed by atoms with Gasteiger partial charge in [-0.05, 0) is 36.4 Å². The van der Waals surface area contributed by atoms with Crippen LogP contribution < -0.4 is 21.6 Å². The van der Waals surface area contributed by atoms with Crippen molar-refractivity contribution in [2.75, 3.05) is 11.9 Å². The van der Waals surface area contributed by atoms with Crippen LogP contribution in [0.1, 0.15) is 0 Å². The molecule has 23 heavy (non-hydrogen) atoms. The highest BCUT2D eigenvalue weighted by atomic mass is 31.2. The molecular formula is C21H21NP+. The van der Waals surface area contributed by atoms with Gasteiger partial charge in [0, 0.05) is 0 Å². The molecule has 0 aliphatic heterocycles. The van der Waals surface area contributed by atoms with Crippen LogP contribution in [0.2, 0.25) is 0 Å². The highest BCUT2D eigenvalue weighted by Gasteiger charge is 2.45. The van der Waals surface area contributed by atoms with E-state index in [1.54, 1.807) is 0 Å². The first kappa shape index (κ1) is 15.5. The minimum Gasteiger partial charge on any atom is -0.396 e. The van der Waals surface area contributed by atoms with E-state index >= 15 is 0 Å². The fraction of sp³-hybridized carbons (Fsp3) is 0.0476. The summed E-state index contributed by atoms with van der Waals surface area (Å²) in [5.41, 5.74) is 7.26. The molecule has 0 atom stereocenters. The molecule has 2 N–H and O–H groups in total. The van der Waals surface area contributed by atoms with Crippen molar-refractivity contribution in [1.82, 2.24) is 0 Å². The lowest BCUT2D eigenvalue weighted by Gasteiger charge is -2.27. The van der Waals surface area contributed by atoms with Crippen LogP contribution in [0.25, 0.3) is 0 Å². The normalized spacial score (nSPS) is 11.1. The smallest absolute Gasteiger partial charge is 0.127 e. The Morgan fingerprint density at radius 3 is 1.70 bits per heavy atom. The molecule has 114 valence electrons. The molecule has 0 spiro atoms. The molecule has 0 bridgehead atoms. The van der Waals surface area contributed by atoms with Gasteiger partial charge in [-0.25, -0.2) is 0 Å². The summed E-state index contributed by atoms with van der Waals surface area (Å²) in [5, 5.41) is 3.91. The first-order valence-corrected chi connectivity index (χ1v) is 9.72. The van der Waals surface area contributed by atoms with Gasteiger partial charge in [0.2, 0.25) is 0 Å². The number of benzene rings is 3. The Morgan fingerprint density at radius 1 is 0.739 bits per heavy atom. The van der Waals surface area contributed by atoms with Crippen molar-refractivity contribution in [2.24, 2.45) is 0 Å². The quantitative estimate of drug-likeness (QED) is 0.433. The van der Waals surface area contributed by atoms with Gasteiger partial charge < -0.3 is 5.73 Å². The van der Waals surface area contributed by atoms with E-state index < -0.39 is 7.26 Å². The molecule has 0 radical (unpaired) electrons. The fourth-order valence-corrected chi connectivity index (χ4v) is 7.21. The van der Waals surface area contributed by atoms with E-state index in [2.05, 4.69) is 79.4 Å². The lowest BCUT2D eigenvalue weighted by atomic mass is 10.3. The average molecular weight is 318 g/mol. The molecule has 0 heterocycles. The molecule has 2 heteroatoms. The second kappa shape index (κ2) is 6.81. The molecule has 3 rings (SSSR count). The molecule has 0 aromatic heterocycles. The summed E-state index contributed by atoms with van der Waals surface area (Å²) in [6.45, 7) is 4.04. The van der Waals surface area contributed by atoms with E-state index in [4.69, 9.17) is 5.73 Å². The largest absolute Gasteiger partial charge is 0.396 e. The Balaban J connectivity index is 2.36. The number of hydrogen-bond donors (Lipinski definition) is 1. The molecule has 0 saturated heterocycles. The summed E-state index contributed by atoms with van der Waals surface area (Å²) in [4.78, 5) is 0. The topological polar surface area (TPSA) is 26.0 Å². The maximum Gasteiger partial charge on any atom is 0.127 e. The molecule has 0 unspecified atom stereocenters. The molecule has 1 nitrogen and oxygen atoms in total. The number of para-hydroxylation sites is 1. The van der Waals surface area contributed by atoms with Crippen LogP contribution >= 0.6 is 7.26 Å². The van der Waals surface area contributed by atoms with Gasteiger partial charge in [0.1, 0.15) is 23.2 Å². The summed E-state index contributed by atoms with van der Waals surface area (Å²) in [6.07, 6.45) is 2.93. The van der Waals surface area contributed by atoms with E-state index in [-0.39, 0.29) is 0 Å². The number of nitrogens with two attached hydrogens (primary N) is 1. The summed E-state index contributed by atoms with van der Waals surface area (Å²) in [5.74, 6) is 0. The Morgan fingerprint density at radius 2 is 1.22 bits per heavy atom. The third-order valence-electron chi connectivity index (χ3n) is 4.14. The molecule has 3 aromatic rings. The minimum atomic E-state index is -1.83. The Labute approximate surface area is 138 Å². The summed E-state index contributed by atoms with van der Waals surface area (Å²) in [6, 6.07) is 29.7. The maximum atomic E-state index is 6.41. The van der Waals surface area contributed by atoms with Crippen molar-refractivity contribution in [2.45, 2.75) is 0 Å². The minimum absolute atomic E-state index is 0.857. The monoisotopic (exact) mass is 318 g/mol. The van der Waals surface area contributed by atoms with Crippen molar-refractivity contribution in [3.8, 4) is 0 Å². The number of nitrogen functional groups attached to an aromatic ring is 1. The molecule has 0 fully saturated rings. The second-order valence-electron chi connectivity index (χ2n) is 5.51. The van der Waals surface area contributed by atoms with Crippen LogP contribution in [0.15, 0.2) is 97.6 Å². The van der Waals surface area contributed by atoms with Crippen molar-refractivity contribution < 1.29 is 0 Å². The standard InChI is InChI=1S/C21H21NP/c1-2-17-23(18-11-5-3-6-12-18,19-13-7-4-8-14-19)21-16-10-9-15-20(21)22/h2-16H,1,17,22H2/q+1. The predicted octanol–water partition coefficient (Wildman–Crippen LogP) is 3.75. The van der Waals surface area contributed by atoms with E-state index in [1.807, 2.05) is 18.2 Å². The van der Waals surface area contributed by atoms with E-state index in [9.17, 15) is 0 Å². The Kier molecular flexibility index (Phi) is 4.60. The predicted molar refractivity (Wildman–Crippen MR) is 105 cm³/mol. The Bertz CT molecular complexity index is 742. The van der Waals surface area contributed by atoms with Crippen LogP contribution in [0, 0.1) is 0 Å². The zero-order chi connectivity index (χ0) is 16.1. The lowest BCUT2D eigenvalue weighted by Crippen LogP contribution is -2.34. The third kappa shape index (κ3) is 2.81. The van der Waals surface area contributed by atoms with E-state index in [1.165, 1.54) is 15.9 Å². The van der Waals surface area contributed by atoms with Crippen molar-refractivity contribution in [3.63, 3.8) is 0 Å². The third-order valence-corrected chi connectivity index (χ3v) is 8.54.